The molecule has 1 fully saturated rings. The van der Waals surface area contributed by atoms with Crippen LogP contribution in [0, 0.1) is 17.2 Å². The van der Waals surface area contributed by atoms with E-state index in [1.165, 1.54) is 0 Å². The average Bonchev–Trinajstić information content (AvgIpc) is 2.55. The van der Waals surface area contributed by atoms with E-state index >= 15 is 0 Å². The van der Waals surface area contributed by atoms with Gasteiger partial charge in [0.2, 0.25) is 10.0 Å². The van der Waals surface area contributed by atoms with E-state index in [9.17, 15) is 8.42 Å². The molecule has 0 radical (unpaired) electrons. The molecule has 1 heterocycles. The molecule has 1 aromatic carbocycles. The highest BCUT2D eigenvalue weighted by molar-refractivity contribution is 7.89. The van der Waals surface area contributed by atoms with Crippen molar-refractivity contribution in [3.05, 3.63) is 29.8 Å². The Labute approximate surface area is 138 Å². The van der Waals surface area contributed by atoms with E-state index in [2.05, 4.69) is 6.92 Å². The molecule has 0 aliphatic carbocycles. The summed E-state index contributed by atoms with van der Waals surface area (Å²) >= 11 is 0. The van der Waals surface area contributed by atoms with Gasteiger partial charge in [0.25, 0.3) is 0 Å². The second-order valence-corrected chi connectivity index (χ2v) is 8.13. The molecule has 1 aliphatic rings. The molecule has 6 heteroatoms. The van der Waals surface area contributed by atoms with Gasteiger partial charge in [0.15, 0.2) is 0 Å². The molecule has 23 heavy (non-hydrogen) atoms. The second kappa shape index (κ2) is 7.80. The van der Waals surface area contributed by atoms with E-state index in [-0.39, 0.29) is 18.2 Å². The summed E-state index contributed by atoms with van der Waals surface area (Å²) in [6.45, 7) is 2.61. The lowest BCUT2D eigenvalue weighted by atomic mass is 9.91. The summed E-state index contributed by atoms with van der Waals surface area (Å²) in [6, 6.07) is 9.44. The van der Waals surface area contributed by atoms with Crippen LogP contribution in [-0.4, -0.2) is 32.1 Å². The third-order valence-corrected chi connectivity index (χ3v) is 6.24. The average molecular weight is 336 g/mol. The van der Waals surface area contributed by atoms with Crippen LogP contribution in [-0.2, 0) is 10.0 Å². The minimum atomic E-state index is -3.38. The molecular formula is C17H24N2O3S. The largest absolute Gasteiger partial charge is 0.496 e. The van der Waals surface area contributed by atoms with Gasteiger partial charge in [-0.25, -0.2) is 8.42 Å². The number of para-hydroxylation sites is 1. The van der Waals surface area contributed by atoms with Crippen LogP contribution in [0.2, 0.25) is 0 Å². The number of sulfonamides is 1. The molecule has 0 unspecified atom stereocenters. The summed E-state index contributed by atoms with van der Waals surface area (Å²) < 4.78 is 32.6. The van der Waals surface area contributed by atoms with Crippen molar-refractivity contribution in [1.82, 2.24) is 4.31 Å². The summed E-state index contributed by atoms with van der Waals surface area (Å²) in [5.74, 6) is 1.09. The number of methoxy groups -OCH3 is 1. The molecule has 2 rings (SSSR count). The Morgan fingerprint density at radius 2 is 2.09 bits per heavy atom. The van der Waals surface area contributed by atoms with E-state index in [1.807, 2.05) is 30.3 Å². The predicted molar refractivity (Wildman–Crippen MR) is 89.5 cm³/mol. The first-order chi connectivity index (χ1) is 11.0. The van der Waals surface area contributed by atoms with Crippen molar-refractivity contribution in [3.63, 3.8) is 0 Å². The van der Waals surface area contributed by atoms with Crippen molar-refractivity contribution < 1.29 is 13.2 Å². The van der Waals surface area contributed by atoms with Gasteiger partial charge in [0, 0.05) is 18.5 Å². The maximum atomic E-state index is 12.8. The van der Waals surface area contributed by atoms with Gasteiger partial charge < -0.3 is 4.74 Å². The SMILES string of the molecule is COc1ccccc1[C@@H]1CC[C@H](C)CN1S(=O)(=O)CCCC#N. The molecule has 0 aromatic heterocycles. The monoisotopic (exact) mass is 336 g/mol. The van der Waals surface area contributed by atoms with Gasteiger partial charge in [-0.15, -0.1) is 0 Å². The first kappa shape index (κ1) is 17.8. The van der Waals surface area contributed by atoms with Crippen LogP contribution in [0.5, 0.6) is 5.75 Å². The zero-order valence-corrected chi connectivity index (χ0v) is 14.6. The van der Waals surface area contributed by atoms with E-state index in [1.54, 1.807) is 11.4 Å². The Kier molecular flexibility index (Phi) is 6.03. The number of hydrogen-bond acceptors (Lipinski definition) is 4. The quantitative estimate of drug-likeness (QED) is 0.748. The molecule has 126 valence electrons. The van der Waals surface area contributed by atoms with Gasteiger partial charge in [-0.1, -0.05) is 25.1 Å². The molecule has 0 N–H and O–H groups in total. The Balaban J connectivity index is 2.31. The van der Waals surface area contributed by atoms with Crippen LogP contribution in [0.25, 0.3) is 0 Å². The zero-order chi connectivity index (χ0) is 16.9. The summed E-state index contributed by atoms with van der Waals surface area (Å²) in [5.41, 5.74) is 0.922. The van der Waals surface area contributed by atoms with Gasteiger partial charge in [-0.05, 0) is 31.2 Å². The molecule has 1 saturated heterocycles. The lowest BCUT2D eigenvalue weighted by molar-refractivity contribution is 0.203. The highest BCUT2D eigenvalue weighted by Crippen LogP contribution is 2.39. The summed E-state index contributed by atoms with van der Waals surface area (Å²) in [5, 5.41) is 8.64. The van der Waals surface area contributed by atoms with Crippen molar-refractivity contribution in [2.24, 2.45) is 5.92 Å². The van der Waals surface area contributed by atoms with Gasteiger partial charge in [0.05, 0.1) is 25.0 Å². The lowest BCUT2D eigenvalue weighted by Gasteiger charge is -2.38. The molecule has 2 atom stereocenters. The number of nitriles is 1. The summed E-state index contributed by atoms with van der Waals surface area (Å²) in [4.78, 5) is 0. The second-order valence-electron chi connectivity index (χ2n) is 6.09. The van der Waals surface area contributed by atoms with Crippen molar-refractivity contribution >= 4 is 10.0 Å². The van der Waals surface area contributed by atoms with E-state index in [4.69, 9.17) is 10.00 Å². The molecule has 0 bridgehead atoms. The number of piperidine rings is 1. The van der Waals surface area contributed by atoms with Gasteiger partial charge in [-0.3, -0.25) is 0 Å². The highest BCUT2D eigenvalue weighted by atomic mass is 32.2. The molecule has 1 aromatic rings. The standard InChI is InChI=1S/C17H24N2O3S/c1-14-9-10-16(15-7-3-4-8-17(15)22-2)19(13-14)23(20,21)12-6-5-11-18/h3-4,7-8,14,16H,5-6,9-10,12-13H2,1-2H3/t14-,16-/m0/s1. The minimum absolute atomic E-state index is 0.0267. The number of ether oxygens (including phenoxy) is 1. The van der Waals surface area contributed by atoms with Crippen molar-refractivity contribution in [3.8, 4) is 11.8 Å². The Bertz CT molecular complexity index is 667. The Hall–Kier alpha value is -1.58. The third-order valence-electron chi connectivity index (χ3n) is 4.32. The Morgan fingerprint density at radius 1 is 1.35 bits per heavy atom. The molecule has 0 spiro atoms. The molecular weight excluding hydrogens is 312 g/mol. The highest BCUT2D eigenvalue weighted by Gasteiger charge is 2.36. The van der Waals surface area contributed by atoms with Crippen molar-refractivity contribution in [2.45, 2.75) is 38.6 Å². The number of hydrogen-bond donors (Lipinski definition) is 0. The van der Waals surface area contributed by atoms with Crippen LogP contribution in [0.3, 0.4) is 0 Å². The number of unbranched alkanes of at least 4 members (excludes halogenated alkanes) is 1. The van der Waals surface area contributed by atoms with E-state index in [0.29, 0.717) is 18.9 Å². The van der Waals surface area contributed by atoms with Crippen molar-refractivity contribution in [2.75, 3.05) is 19.4 Å². The normalized spacial score (nSPS) is 22.5. The van der Waals surface area contributed by atoms with E-state index < -0.39 is 10.0 Å². The molecule has 1 aliphatic heterocycles. The lowest BCUT2D eigenvalue weighted by Crippen LogP contribution is -2.42. The first-order valence-corrected chi connectivity index (χ1v) is 9.60. The number of benzene rings is 1. The third kappa shape index (κ3) is 4.24. The summed E-state index contributed by atoms with van der Waals surface area (Å²) in [6.07, 6.45) is 2.43. The topological polar surface area (TPSA) is 70.4 Å². The fourth-order valence-corrected chi connectivity index (χ4v) is 4.95. The maximum absolute atomic E-state index is 12.8. The van der Waals surface area contributed by atoms with Crippen LogP contribution >= 0.6 is 0 Å². The first-order valence-electron chi connectivity index (χ1n) is 7.99. The van der Waals surface area contributed by atoms with Crippen LogP contribution in [0.15, 0.2) is 24.3 Å². The fourth-order valence-electron chi connectivity index (χ4n) is 3.12. The van der Waals surface area contributed by atoms with Crippen LogP contribution in [0.4, 0.5) is 0 Å². The minimum Gasteiger partial charge on any atom is -0.496 e. The van der Waals surface area contributed by atoms with E-state index in [0.717, 1.165) is 24.2 Å². The van der Waals surface area contributed by atoms with Gasteiger partial charge in [-0.2, -0.15) is 9.57 Å². The van der Waals surface area contributed by atoms with Crippen molar-refractivity contribution in [1.29, 1.82) is 5.26 Å². The number of nitrogens with zero attached hydrogens (tertiary/aromatic N) is 2. The smallest absolute Gasteiger partial charge is 0.214 e. The predicted octanol–water partition coefficient (Wildman–Crippen LogP) is 3.10. The number of rotatable bonds is 6. The van der Waals surface area contributed by atoms with Crippen LogP contribution in [0.1, 0.15) is 44.2 Å². The zero-order valence-electron chi connectivity index (χ0n) is 13.7. The maximum Gasteiger partial charge on any atom is 0.214 e. The van der Waals surface area contributed by atoms with Gasteiger partial charge in [0.1, 0.15) is 5.75 Å². The Morgan fingerprint density at radius 3 is 2.78 bits per heavy atom. The molecule has 5 nitrogen and oxygen atoms in total. The van der Waals surface area contributed by atoms with Gasteiger partial charge >= 0.3 is 0 Å². The molecule has 0 amide bonds. The molecule has 0 saturated carbocycles. The fraction of sp³-hybridized carbons (Fsp3) is 0.588. The summed E-state index contributed by atoms with van der Waals surface area (Å²) in [7, 11) is -1.78. The van der Waals surface area contributed by atoms with Crippen LogP contribution < -0.4 is 4.74 Å².